The van der Waals surface area contributed by atoms with Gasteiger partial charge in [0, 0.05) is 51.7 Å². The van der Waals surface area contributed by atoms with Crippen molar-refractivity contribution in [2.24, 2.45) is 35.5 Å². The summed E-state index contributed by atoms with van der Waals surface area (Å²) < 4.78 is 47.9. The molecule has 0 aliphatic carbocycles. The zero-order valence-electron chi connectivity index (χ0n) is 52.8. The Balaban J connectivity index is 1.96. The Morgan fingerprint density at radius 3 is 0.812 bits per heavy atom. The number of benzene rings is 2. The second-order valence-electron chi connectivity index (χ2n) is 23.3. The number of para-hydroxylation sites is 2. The highest BCUT2D eigenvalue weighted by Gasteiger charge is 2.49. The van der Waals surface area contributed by atoms with Crippen LogP contribution in [0.1, 0.15) is 258 Å². The highest BCUT2D eigenvalue weighted by atomic mass is 33.1. The number of nitrogens with zero attached hydrogens (tertiary/aromatic N) is 2. The van der Waals surface area contributed by atoms with Gasteiger partial charge in [-0.05, 0) is 98.3 Å². The van der Waals surface area contributed by atoms with E-state index in [0.29, 0.717) is 87.2 Å². The number of thiazole rings is 2. The molecule has 0 saturated heterocycles. The highest BCUT2D eigenvalue weighted by molar-refractivity contribution is 8.76. The van der Waals surface area contributed by atoms with E-state index in [0.717, 1.165) is 98.1 Å². The van der Waals surface area contributed by atoms with Gasteiger partial charge in [0.2, 0.25) is 0 Å². The zero-order chi connectivity index (χ0) is 57.9. The van der Waals surface area contributed by atoms with Gasteiger partial charge in [0.1, 0.15) is 10.0 Å². The normalized spacial score (nSPS) is 16.8. The topological polar surface area (TPSA) is 81.2 Å². The molecule has 0 radical (unpaired) electrons. The van der Waals surface area contributed by atoms with Crippen molar-refractivity contribution in [3.8, 4) is 0 Å². The fourth-order valence-corrected chi connectivity index (χ4v) is 23.9. The first-order valence-corrected chi connectivity index (χ1v) is 40.7. The van der Waals surface area contributed by atoms with Gasteiger partial charge in [0.15, 0.2) is 0 Å². The summed E-state index contributed by atoms with van der Waals surface area (Å²) >= 11 is 3.65. The summed E-state index contributed by atoms with van der Waals surface area (Å²) in [6, 6.07) is 18.6. The SMILES string of the molecule is CCCCC(CC)CO[Si](CC(SSC(C[Si](OCC(CC)CCCC)(OCC(CC)CCCC)OCC(CC)CCCC)c1nc2ccccc2s1)c1nc2ccccc2s1)(OCC(CC)CCCC)OCC(CC)CCCC. The zero-order valence-corrected chi connectivity index (χ0v) is 58.1. The number of aromatic nitrogens is 2. The number of fused-ring (bicyclic) bond motifs is 2. The van der Waals surface area contributed by atoms with Crippen LogP contribution in [-0.2, 0) is 26.6 Å². The summed E-state index contributed by atoms with van der Waals surface area (Å²) in [5.74, 6) is 2.67. The molecule has 2 aromatic carbocycles. The van der Waals surface area contributed by atoms with Crippen molar-refractivity contribution in [3.63, 3.8) is 0 Å². The molecule has 14 heteroatoms. The maximum atomic E-state index is 7.58. The van der Waals surface area contributed by atoms with Gasteiger partial charge in [-0.2, -0.15) is 0 Å². The summed E-state index contributed by atoms with van der Waals surface area (Å²) in [6.07, 6.45) is 27.7. The van der Waals surface area contributed by atoms with Crippen LogP contribution in [0.15, 0.2) is 48.5 Å². The Hall–Kier alpha value is -0.886. The quantitative estimate of drug-likeness (QED) is 0.0315. The van der Waals surface area contributed by atoms with E-state index in [1.165, 1.54) is 86.4 Å². The standard InChI is InChI=1S/C66H116N2O6S4Si2/c1-13-25-35-53(19-7)45-69-79(70-46-54(20-8)36-26-14-2,71-47-55(21-9)37-27-15-3)51-63(65-67-59-41-31-33-43-61(59)75-65)77-78-64(66-68-60-42-32-34-44-62(60)76-66)52-80(72-48-56(22-10)38-28-16-4,73-49-57(23-11)39-29-17-5)74-50-58(24-12)40-30-18-6/h31-34,41-44,53-58,63-64H,13-30,35-40,45-52H2,1-12H3. The second kappa shape index (κ2) is 42.0. The van der Waals surface area contributed by atoms with Crippen molar-refractivity contribution in [2.75, 3.05) is 39.6 Å². The Morgan fingerprint density at radius 1 is 0.362 bits per heavy atom. The van der Waals surface area contributed by atoms with E-state index in [2.05, 4.69) is 132 Å². The molecule has 4 aromatic rings. The molecule has 80 heavy (non-hydrogen) atoms. The Morgan fingerprint density at radius 2 is 0.600 bits per heavy atom. The molecule has 0 amide bonds. The summed E-state index contributed by atoms with van der Waals surface area (Å²) in [7, 11) is -3.01. The molecule has 8 atom stereocenters. The molecule has 8 nitrogen and oxygen atoms in total. The van der Waals surface area contributed by atoms with Gasteiger partial charge >= 0.3 is 17.6 Å². The van der Waals surface area contributed by atoms with Crippen LogP contribution in [-0.4, -0.2) is 67.2 Å². The Bertz CT molecular complexity index is 1830. The van der Waals surface area contributed by atoms with Crippen molar-refractivity contribution in [1.82, 2.24) is 9.97 Å². The Labute approximate surface area is 508 Å². The third-order valence-corrected chi connectivity index (χ3v) is 28.6. The lowest BCUT2D eigenvalue weighted by atomic mass is 10.0. The first-order valence-electron chi connectivity index (χ1n) is 32.9. The van der Waals surface area contributed by atoms with Crippen LogP contribution >= 0.6 is 44.3 Å². The van der Waals surface area contributed by atoms with E-state index < -0.39 is 17.6 Å². The van der Waals surface area contributed by atoms with Gasteiger partial charge in [-0.15, -0.1) is 22.7 Å². The van der Waals surface area contributed by atoms with Gasteiger partial charge in [-0.3, -0.25) is 0 Å². The minimum atomic E-state index is -3.44. The molecule has 2 heterocycles. The molecule has 0 saturated carbocycles. The molecular formula is C66H116N2O6S4Si2. The van der Waals surface area contributed by atoms with Crippen LogP contribution in [0, 0.1) is 35.5 Å². The van der Waals surface area contributed by atoms with Gasteiger partial charge < -0.3 is 26.6 Å². The Kier molecular flexibility index (Phi) is 37.6. The van der Waals surface area contributed by atoms with Crippen LogP contribution in [0.2, 0.25) is 12.1 Å². The molecular weight excluding hydrogens is 1100 g/mol. The molecule has 0 fully saturated rings. The summed E-state index contributed by atoms with van der Waals surface area (Å²) in [4.78, 5) is 11.0. The first-order chi connectivity index (χ1) is 39.0. The summed E-state index contributed by atoms with van der Waals surface area (Å²) in [5, 5.41) is 2.03. The van der Waals surface area contributed by atoms with Crippen molar-refractivity contribution in [1.29, 1.82) is 0 Å². The lowest BCUT2D eigenvalue weighted by molar-refractivity contribution is 0.0238. The maximum absolute atomic E-state index is 7.58. The predicted octanol–water partition coefficient (Wildman–Crippen LogP) is 22.3. The smallest absolute Gasteiger partial charge is 0.373 e. The van der Waals surface area contributed by atoms with Crippen LogP contribution in [0.3, 0.4) is 0 Å². The summed E-state index contributed by atoms with van der Waals surface area (Å²) in [6.45, 7) is 31.8. The van der Waals surface area contributed by atoms with Crippen LogP contribution in [0.25, 0.3) is 20.4 Å². The molecule has 4 rings (SSSR count). The monoisotopic (exact) mass is 1220 g/mol. The van der Waals surface area contributed by atoms with Gasteiger partial charge in [0.25, 0.3) is 0 Å². The van der Waals surface area contributed by atoms with Crippen molar-refractivity contribution < 1.29 is 26.6 Å². The number of hydrogen-bond acceptors (Lipinski definition) is 12. The van der Waals surface area contributed by atoms with E-state index in [9.17, 15) is 0 Å². The lowest BCUT2D eigenvalue weighted by Crippen LogP contribution is -2.49. The molecule has 0 N–H and O–H groups in total. The van der Waals surface area contributed by atoms with Gasteiger partial charge in [0.05, 0.1) is 30.9 Å². The van der Waals surface area contributed by atoms with Crippen LogP contribution in [0.5, 0.6) is 0 Å². The fraction of sp³-hybridized carbons (Fsp3) is 0.788. The summed E-state index contributed by atoms with van der Waals surface area (Å²) in [5.41, 5.74) is 2.08. The average Bonchev–Trinajstić information content (AvgIpc) is 4.15. The number of unbranched alkanes of at least 4 members (excludes halogenated alkanes) is 6. The maximum Gasteiger partial charge on any atom is 0.502 e. The third-order valence-electron chi connectivity index (χ3n) is 16.8. The van der Waals surface area contributed by atoms with E-state index in [-0.39, 0.29) is 10.5 Å². The first kappa shape index (κ1) is 71.6. The lowest BCUT2D eigenvalue weighted by Gasteiger charge is -2.36. The second-order valence-corrected chi connectivity index (χ2v) is 33.4. The molecule has 0 bridgehead atoms. The molecule has 0 aliphatic heterocycles. The minimum Gasteiger partial charge on any atom is -0.373 e. The molecule has 8 unspecified atom stereocenters. The average molecular weight is 1220 g/mol. The predicted molar refractivity (Wildman–Crippen MR) is 357 cm³/mol. The van der Waals surface area contributed by atoms with Crippen molar-refractivity contribution in [3.05, 3.63) is 58.5 Å². The van der Waals surface area contributed by atoms with E-state index in [4.69, 9.17) is 36.5 Å². The third kappa shape index (κ3) is 25.6. The van der Waals surface area contributed by atoms with E-state index in [1.54, 1.807) is 0 Å². The number of hydrogen-bond donors (Lipinski definition) is 0. The van der Waals surface area contributed by atoms with Gasteiger partial charge in [-0.25, -0.2) is 9.97 Å². The van der Waals surface area contributed by atoms with Crippen molar-refractivity contribution in [2.45, 2.75) is 260 Å². The van der Waals surface area contributed by atoms with E-state index >= 15 is 0 Å². The van der Waals surface area contributed by atoms with Gasteiger partial charge in [-0.1, -0.05) is 245 Å². The highest BCUT2D eigenvalue weighted by Crippen LogP contribution is 2.54. The molecule has 458 valence electrons. The molecule has 2 aromatic heterocycles. The minimum absolute atomic E-state index is 0.0857. The molecule has 0 aliphatic rings. The van der Waals surface area contributed by atoms with E-state index in [1.807, 2.05) is 44.3 Å². The van der Waals surface area contributed by atoms with Crippen LogP contribution in [0.4, 0.5) is 0 Å². The molecule has 0 spiro atoms. The van der Waals surface area contributed by atoms with Crippen LogP contribution < -0.4 is 0 Å². The fourth-order valence-electron chi connectivity index (χ4n) is 10.4. The largest absolute Gasteiger partial charge is 0.502 e. The number of rotatable bonds is 51. The van der Waals surface area contributed by atoms with Crippen molar-refractivity contribution >= 4 is 82.3 Å².